The van der Waals surface area contributed by atoms with E-state index in [1.54, 1.807) is 19.5 Å². The summed E-state index contributed by atoms with van der Waals surface area (Å²) in [7, 11) is 1.66. The van der Waals surface area contributed by atoms with Crippen LogP contribution in [0.2, 0.25) is 0 Å². The molecular formula is C24H26N2O2. The van der Waals surface area contributed by atoms with Gasteiger partial charge >= 0.3 is 0 Å². The zero-order valence-corrected chi connectivity index (χ0v) is 16.4. The van der Waals surface area contributed by atoms with Gasteiger partial charge in [0.25, 0.3) is 5.91 Å². The number of hydrogen-bond donors (Lipinski definition) is 1. The second kappa shape index (κ2) is 9.70. The van der Waals surface area contributed by atoms with Crippen molar-refractivity contribution in [2.24, 2.45) is 0 Å². The maximum Gasteiger partial charge on any atom is 0.251 e. The number of rotatable bonds is 8. The molecule has 1 aromatic heterocycles. The third-order valence-corrected chi connectivity index (χ3v) is 4.81. The summed E-state index contributed by atoms with van der Waals surface area (Å²) in [5.74, 6) is 0.736. The van der Waals surface area contributed by atoms with Crippen LogP contribution in [0.5, 0.6) is 5.75 Å². The van der Waals surface area contributed by atoms with E-state index < -0.39 is 0 Å². The van der Waals surface area contributed by atoms with E-state index in [1.807, 2.05) is 60.7 Å². The number of hydrogen-bond acceptors (Lipinski definition) is 3. The number of aromatic nitrogens is 1. The van der Waals surface area contributed by atoms with Crippen LogP contribution in [0.1, 0.15) is 48.1 Å². The van der Waals surface area contributed by atoms with Crippen molar-refractivity contribution in [2.75, 3.05) is 7.11 Å². The van der Waals surface area contributed by atoms with Crippen LogP contribution in [0.4, 0.5) is 0 Å². The van der Waals surface area contributed by atoms with E-state index in [-0.39, 0.29) is 11.9 Å². The van der Waals surface area contributed by atoms with Crippen LogP contribution < -0.4 is 10.1 Å². The number of unbranched alkanes of at least 4 members (excludes halogenated alkanes) is 1. The van der Waals surface area contributed by atoms with Gasteiger partial charge < -0.3 is 10.1 Å². The molecule has 0 aliphatic rings. The van der Waals surface area contributed by atoms with Gasteiger partial charge in [0.05, 0.1) is 13.2 Å². The molecule has 28 heavy (non-hydrogen) atoms. The van der Waals surface area contributed by atoms with E-state index >= 15 is 0 Å². The molecule has 4 nitrogen and oxygen atoms in total. The average molecular weight is 374 g/mol. The first kappa shape index (κ1) is 19.6. The number of nitrogens with one attached hydrogen (secondary N) is 1. The van der Waals surface area contributed by atoms with E-state index in [0.29, 0.717) is 5.56 Å². The second-order valence-electron chi connectivity index (χ2n) is 6.76. The van der Waals surface area contributed by atoms with Gasteiger partial charge in [-0.25, -0.2) is 0 Å². The number of methoxy groups -OCH3 is 1. The molecule has 4 heteroatoms. The summed E-state index contributed by atoms with van der Waals surface area (Å²) in [5.41, 5.74) is 3.87. The summed E-state index contributed by atoms with van der Waals surface area (Å²) >= 11 is 0. The fourth-order valence-electron chi connectivity index (χ4n) is 3.19. The Labute approximate surface area is 166 Å². The Morgan fingerprint density at radius 1 is 1.04 bits per heavy atom. The Hall–Kier alpha value is -3.14. The van der Waals surface area contributed by atoms with Crippen LogP contribution in [-0.2, 0) is 0 Å². The van der Waals surface area contributed by atoms with Gasteiger partial charge in [-0.2, -0.15) is 0 Å². The summed E-state index contributed by atoms with van der Waals surface area (Å²) in [4.78, 5) is 16.9. The topological polar surface area (TPSA) is 51.2 Å². The van der Waals surface area contributed by atoms with Gasteiger partial charge in [0.15, 0.2) is 0 Å². The molecule has 2 aromatic carbocycles. The standard InChI is InChI=1S/C24H26N2O2/c1-3-4-8-23(21-6-5-7-22(17-21)28-2)26-24(27)20-11-9-18(10-12-20)19-13-15-25-16-14-19/h5-7,9-17,23H,3-4,8H2,1-2H3,(H,26,27)/t23-/m1/s1. The van der Waals surface area contributed by atoms with Gasteiger partial charge in [-0.3, -0.25) is 9.78 Å². The Bertz CT molecular complexity index is 892. The Morgan fingerprint density at radius 3 is 2.43 bits per heavy atom. The van der Waals surface area contributed by atoms with Crippen molar-refractivity contribution in [1.29, 1.82) is 0 Å². The fourth-order valence-corrected chi connectivity index (χ4v) is 3.19. The van der Waals surface area contributed by atoms with Crippen molar-refractivity contribution in [3.05, 3.63) is 84.2 Å². The molecule has 0 unspecified atom stereocenters. The van der Waals surface area contributed by atoms with E-state index in [4.69, 9.17) is 4.74 Å². The van der Waals surface area contributed by atoms with Crippen LogP contribution in [0.25, 0.3) is 11.1 Å². The minimum Gasteiger partial charge on any atom is -0.497 e. The molecule has 0 fully saturated rings. The second-order valence-corrected chi connectivity index (χ2v) is 6.76. The number of carbonyl (C=O) groups is 1. The first-order valence-corrected chi connectivity index (χ1v) is 9.66. The van der Waals surface area contributed by atoms with Gasteiger partial charge in [0.1, 0.15) is 5.75 Å². The number of carbonyl (C=O) groups excluding carboxylic acids is 1. The molecule has 0 aliphatic heterocycles. The molecule has 0 aliphatic carbocycles. The van der Waals surface area contributed by atoms with Crippen molar-refractivity contribution in [2.45, 2.75) is 32.2 Å². The van der Waals surface area contributed by atoms with E-state index in [9.17, 15) is 4.79 Å². The zero-order valence-electron chi connectivity index (χ0n) is 16.4. The van der Waals surface area contributed by atoms with E-state index in [0.717, 1.165) is 41.7 Å². The van der Waals surface area contributed by atoms with Gasteiger partial charge in [-0.1, -0.05) is 44.0 Å². The van der Waals surface area contributed by atoms with Gasteiger partial charge in [-0.05, 0) is 59.5 Å². The highest BCUT2D eigenvalue weighted by molar-refractivity contribution is 5.95. The van der Waals surface area contributed by atoms with Crippen LogP contribution in [0.3, 0.4) is 0 Å². The molecule has 0 spiro atoms. The zero-order chi connectivity index (χ0) is 19.8. The Kier molecular flexibility index (Phi) is 6.79. The van der Waals surface area contributed by atoms with Crippen molar-refractivity contribution < 1.29 is 9.53 Å². The average Bonchev–Trinajstić information content (AvgIpc) is 2.77. The van der Waals surface area contributed by atoms with Gasteiger partial charge in [0, 0.05) is 18.0 Å². The lowest BCUT2D eigenvalue weighted by Gasteiger charge is -2.20. The number of nitrogens with zero attached hydrogens (tertiary/aromatic N) is 1. The fraction of sp³-hybridized carbons (Fsp3) is 0.250. The monoisotopic (exact) mass is 374 g/mol. The SMILES string of the molecule is CCCC[C@@H](NC(=O)c1ccc(-c2ccncc2)cc1)c1cccc(OC)c1. The molecular weight excluding hydrogens is 348 g/mol. The van der Waals surface area contributed by atoms with Crippen LogP contribution in [-0.4, -0.2) is 18.0 Å². The normalized spacial score (nSPS) is 11.6. The predicted octanol–water partition coefficient (Wildman–Crippen LogP) is 5.42. The lowest BCUT2D eigenvalue weighted by atomic mass is 10.00. The number of ether oxygens (including phenoxy) is 1. The highest BCUT2D eigenvalue weighted by atomic mass is 16.5. The molecule has 3 rings (SSSR count). The molecule has 1 heterocycles. The lowest BCUT2D eigenvalue weighted by molar-refractivity contribution is 0.0934. The van der Waals surface area contributed by atoms with Crippen molar-refractivity contribution >= 4 is 5.91 Å². The molecule has 0 saturated carbocycles. The smallest absolute Gasteiger partial charge is 0.251 e. The summed E-state index contributed by atoms with van der Waals surface area (Å²) in [6.45, 7) is 2.16. The minimum atomic E-state index is -0.0646. The molecule has 0 radical (unpaired) electrons. The number of amides is 1. The summed E-state index contributed by atoms with van der Waals surface area (Å²) in [6, 6.07) is 19.5. The van der Waals surface area contributed by atoms with Crippen molar-refractivity contribution in [3.8, 4) is 16.9 Å². The molecule has 0 bridgehead atoms. The van der Waals surface area contributed by atoms with E-state index in [1.165, 1.54) is 0 Å². The van der Waals surface area contributed by atoms with Gasteiger partial charge in [0.2, 0.25) is 0 Å². The predicted molar refractivity (Wildman–Crippen MR) is 112 cm³/mol. The van der Waals surface area contributed by atoms with Crippen LogP contribution in [0, 0.1) is 0 Å². The number of benzene rings is 2. The molecule has 1 amide bonds. The Morgan fingerprint density at radius 2 is 1.75 bits per heavy atom. The third-order valence-electron chi connectivity index (χ3n) is 4.81. The van der Waals surface area contributed by atoms with Crippen LogP contribution >= 0.6 is 0 Å². The minimum absolute atomic E-state index is 0.0394. The first-order valence-electron chi connectivity index (χ1n) is 9.66. The quantitative estimate of drug-likeness (QED) is 0.573. The largest absolute Gasteiger partial charge is 0.497 e. The maximum absolute atomic E-state index is 12.8. The van der Waals surface area contributed by atoms with Crippen LogP contribution in [0.15, 0.2) is 73.1 Å². The lowest BCUT2D eigenvalue weighted by Crippen LogP contribution is -2.28. The van der Waals surface area contributed by atoms with E-state index in [2.05, 4.69) is 17.2 Å². The molecule has 1 N–H and O–H groups in total. The van der Waals surface area contributed by atoms with Gasteiger partial charge in [-0.15, -0.1) is 0 Å². The molecule has 144 valence electrons. The summed E-state index contributed by atoms with van der Waals surface area (Å²) in [5, 5.41) is 3.19. The number of pyridine rings is 1. The summed E-state index contributed by atoms with van der Waals surface area (Å²) in [6.07, 6.45) is 6.55. The first-order chi connectivity index (χ1) is 13.7. The highest BCUT2D eigenvalue weighted by Crippen LogP contribution is 2.24. The molecule has 0 saturated heterocycles. The summed E-state index contributed by atoms with van der Waals surface area (Å²) < 4.78 is 5.34. The highest BCUT2D eigenvalue weighted by Gasteiger charge is 2.16. The molecule has 1 atom stereocenters. The maximum atomic E-state index is 12.8. The molecule has 3 aromatic rings. The Balaban J connectivity index is 1.75. The third kappa shape index (κ3) is 4.97. The van der Waals surface area contributed by atoms with Crippen molar-refractivity contribution in [3.63, 3.8) is 0 Å². The van der Waals surface area contributed by atoms with Crippen molar-refractivity contribution in [1.82, 2.24) is 10.3 Å².